The van der Waals surface area contributed by atoms with Crippen LogP contribution in [0.25, 0.3) is 10.8 Å². The molecule has 2 heteroatoms. The van der Waals surface area contributed by atoms with Gasteiger partial charge in [-0.25, -0.2) is 0 Å². The normalized spacial score (nSPS) is 15.0. The van der Waals surface area contributed by atoms with Gasteiger partial charge in [0.2, 0.25) is 0 Å². The second-order valence-corrected chi connectivity index (χ2v) is 6.55. The molecule has 0 bridgehead atoms. The van der Waals surface area contributed by atoms with Crippen LogP contribution < -0.4 is 4.90 Å². The number of ether oxygens (including phenoxy) is 1. The van der Waals surface area contributed by atoms with Crippen LogP contribution in [0.3, 0.4) is 0 Å². The molecule has 1 fully saturated rings. The fourth-order valence-electron chi connectivity index (χ4n) is 3.51. The highest BCUT2D eigenvalue weighted by Crippen LogP contribution is 2.31. The van der Waals surface area contributed by atoms with Crippen molar-refractivity contribution in [2.75, 3.05) is 31.2 Å². The molecule has 24 heavy (non-hydrogen) atoms. The van der Waals surface area contributed by atoms with Gasteiger partial charge in [-0.05, 0) is 35.9 Å². The minimum atomic E-state index is 0.819. The first kappa shape index (κ1) is 15.2. The van der Waals surface area contributed by atoms with E-state index in [1.165, 1.54) is 33.2 Å². The third-order valence-corrected chi connectivity index (χ3v) is 4.86. The van der Waals surface area contributed by atoms with E-state index in [0.717, 1.165) is 32.7 Å². The molecule has 3 aromatic carbocycles. The number of hydrogen-bond acceptors (Lipinski definition) is 2. The smallest absolute Gasteiger partial charge is 0.0642 e. The molecule has 0 aromatic heterocycles. The van der Waals surface area contributed by atoms with Crippen LogP contribution in [0.5, 0.6) is 0 Å². The van der Waals surface area contributed by atoms with E-state index in [2.05, 4.69) is 72.5 Å². The van der Waals surface area contributed by atoms with E-state index >= 15 is 0 Å². The highest BCUT2D eigenvalue weighted by atomic mass is 16.5. The zero-order valence-electron chi connectivity index (χ0n) is 14.2. The van der Waals surface area contributed by atoms with Gasteiger partial charge in [-0.1, -0.05) is 60.2 Å². The van der Waals surface area contributed by atoms with Crippen LogP contribution in [-0.2, 0) is 11.2 Å². The Hall–Kier alpha value is -2.32. The largest absolute Gasteiger partial charge is 0.378 e. The summed E-state index contributed by atoms with van der Waals surface area (Å²) in [6.45, 7) is 5.72. The second-order valence-electron chi connectivity index (χ2n) is 6.55. The Morgan fingerprint density at radius 2 is 1.54 bits per heavy atom. The summed E-state index contributed by atoms with van der Waals surface area (Å²) < 4.78 is 5.50. The standard InChI is InChI=1S/C22H23NO/c1-17-6-8-18(9-7-17)16-19-10-11-22(23-12-14-24-15-13-23)21-5-3-2-4-20(19)21/h2-11H,12-16H2,1H3. The van der Waals surface area contributed by atoms with Gasteiger partial charge in [-0.3, -0.25) is 0 Å². The van der Waals surface area contributed by atoms with Gasteiger partial charge in [0.05, 0.1) is 13.2 Å². The maximum atomic E-state index is 5.50. The number of nitrogens with zero attached hydrogens (tertiary/aromatic N) is 1. The van der Waals surface area contributed by atoms with Gasteiger partial charge in [0.25, 0.3) is 0 Å². The van der Waals surface area contributed by atoms with Crippen molar-refractivity contribution in [3.05, 3.63) is 77.4 Å². The lowest BCUT2D eigenvalue weighted by Gasteiger charge is -2.30. The SMILES string of the molecule is Cc1ccc(Cc2ccc(N3CCOCC3)c3ccccc23)cc1. The highest BCUT2D eigenvalue weighted by Gasteiger charge is 2.15. The lowest BCUT2D eigenvalue weighted by atomic mass is 9.96. The zero-order valence-corrected chi connectivity index (χ0v) is 14.2. The van der Waals surface area contributed by atoms with Crippen LogP contribution in [0.15, 0.2) is 60.7 Å². The number of aryl methyl sites for hydroxylation is 1. The average Bonchev–Trinajstić information content (AvgIpc) is 2.64. The minimum absolute atomic E-state index is 0.819. The van der Waals surface area contributed by atoms with E-state index in [1.54, 1.807) is 0 Å². The minimum Gasteiger partial charge on any atom is -0.378 e. The van der Waals surface area contributed by atoms with E-state index in [0.29, 0.717) is 0 Å². The maximum Gasteiger partial charge on any atom is 0.0642 e. The monoisotopic (exact) mass is 317 g/mol. The third kappa shape index (κ3) is 3.02. The van der Waals surface area contributed by atoms with Gasteiger partial charge in [0.15, 0.2) is 0 Å². The molecule has 0 aliphatic carbocycles. The number of hydrogen-bond donors (Lipinski definition) is 0. The highest BCUT2D eigenvalue weighted by molar-refractivity contribution is 5.96. The molecule has 1 heterocycles. The first-order valence-electron chi connectivity index (χ1n) is 8.70. The van der Waals surface area contributed by atoms with Crippen molar-refractivity contribution in [2.24, 2.45) is 0 Å². The molecule has 1 saturated heterocycles. The van der Waals surface area contributed by atoms with Crippen LogP contribution in [0, 0.1) is 6.92 Å². The molecule has 0 saturated carbocycles. The maximum absolute atomic E-state index is 5.50. The van der Waals surface area contributed by atoms with Gasteiger partial charge in [-0.15, -0.1) is 0 Å². The van der Waals surface area contributed by atoms with Crippen molar-refractivity contribution in [1.29, 1.82) is 0 Å². The zero-order chi connectivity index (χ0) is 16.4. The number of benzene rings is 3. The van der Waals surface area contributed by atoms with Crippen LogP contribution in [0.4, 0.5) is 5.69 Å². The van der Waals surface area contributed by atoms with Gasteiger partial charge < -0.3 is 9.64 Å². The van der Waals surface area contributed by atoms with E-state index in [9.17, 15) is 0 Å². The Labute approximate surface area is 143 Å². The molecule has 0 N–H and O–H groups in total. The van der Waals surface area contributed by atoms with Crippen LogP contribution in [0.1, 0.15) is 16.7 Å². The Kier molecular flexibility index (Phi) is 4.22. The number of anilines is 1. The molecule has 1 aliphatic heterocycles. The molecule has 0 atom stereocenters. The van der Waals surface area contributed by atoms with Crippen LogP contribution in [-0.4, -0.2) is 26.3 Å². The van der Waals surface area contributed by atoms with Crippen molar-refractivity contribution >= 4 is 16.5 Å². The molecule has 0 amide bonds. The van der Waals surface area contributed by atoms with Gasteiger partial charge in [0, 0.05) is 24.2 Å². The Balaban J connectivity index is 1.73. The molecule has 4 rings (SSSR count). The molecule has 3 aromatic rings. The summed E-state index contributed by atoms with van der Waals surface area (Å²) in [6, 6.07) is 22.2. The van der Waals surface area contributed by atoms with Crippen LogP contribution in [0.2, 0.25) is 0 Å². The van der Waals surface area contributed by atoms with E-state index in [1.807, 2.05) is 0 Å². The van der Waals surface area contributed by atoms with Gasteiger partial charge in [0.1, 0.15) is 0 Å². The summed E-state index contributed by atoms with van der Waals surface area (Å²) in [4.78, 5) is 2.45. The van der Waals surface area contributed by atoms with Crippen LogP contribution >= 0.6 is 0 Å². The summed E-state index contributed by atoms with van der Waals surface area (Å²) in [5.74, 6) is 0. The predicted octanol–water partition coefficient (Wildman–Crippen LogP) is 4.58. The molecule has 0 spiro atoms. The summed E-state index contributed by atoms with van der Waals surface area (Å²) in [7, 11) is 0. The lowest BCUT2D eigenvalue weighted by molar-refractivity contribution is 0.123. The first-order chi connectivity index (χ1) is 11.8. The second kappa shape index (κ2) is 6.66. The van der Waals surface area contributed by atoms with Crippen molar-refractivity contribution < 1.29 is 4.74 Å². The molecule has 0 unspecified atom stereocenters. The van der Waals surface area contributed by atoms with E-state index < -0.39 is 0 Å². The Morgan fingerprint density at radius 1 is 0.833 bits per heavy atom. The van der Waals surface area contributed by atoms with Gasteiger partial charge in [-0.2, -0.15) is 0 Å². The summed E-state index contributed by atoms with van der Waals surface area (Å²) in [6.07, 6.45) is 0.976. The van der Waals surface area contributed by atoms with Gasteiger partial charge >= 0.3 is 0 Å². The summed E-state index contributed by atoms with van der Waals surface area (Å²) >= 11 is 0. The van der Waals surface area contributed by atoms with Crippen molar-refractivity contribution in [3.8, 4) is 0 Å². The van der Waals surface area contributed by atoms with Crippen molar-refractivity contribution in [2.45, 2.75) is 13.3 Å². The number of fused-ring (bicyclic) bond motifs is 1. The van der Waals surface area contributed by atoms with Crippen molar-refractivity contribution in [1.82, 2.24) is 0 Å². The number of morpholine rings is 1. The fraction of sp³-hybridized carbons (Fsp3) is 0.273. The van der Waals surface area contributed by atoms with Crippen molar-refractivity contribution in [3.63, 3.8) is 0 Å². The Bertz CT molecular complexity index is 832. The topological polar surface area (TPSA) is 12.5 Å². The molecule has 0 radical (unpaired) electrons. The summed E-state index contributed by atoms with van der Waals surface area (Å²) in [5.41, 5.74) is 5.41. The number of rotatable bonds is 3. The Morgan fingerprint density at radius 3 is 2.29 bits per heavy atom. The predicted molar refractivity (Wildman–Crippen MR) is 101 cm³/mol. The third-order valence-electron chi connectivity index (χ3n) is 4.86. The molecular formula is C22H23NO. The molecule has 122 valence electrons. The lowest BCUT2D eigenvalue weighted by Crippen LogP contribution is -2.36. The average molecular weight is 317 g/mol. The molecule has 2 nitrogen and oxygen atoms in total. The van der Waals surface area contributed by atoms with E-state index in [4.69, 9.17) is 4.74 Å². The molecular weight excluding hydrogens is 294 g/mol. The van der Waals surface area contributed by atoms with E-state index in [-0.39, 0.29) is 0 Å². The first-order valence-corrected chi connectivity index (χ1v) is 8.70. The molecule has 1 aliphatic rings. The fourth-order valence-corrected chi connectivity index (χ4v) is 3.51. The summed E-state index contributed by atoms with van der Waals surface area (Å²) in [5, 5.41) is 2.71. The quantitative estimate of drug-likeness (QED) is 0.701.